The monoisotopic (exact) mass is 330 g/mol. The van der Waals surface area contributed by atoms with Gasteiger partial charge in [-0.15, -0.1) is 0 Å². The van der Waals surface area contributed by atoms with Gasteiger partial charge < -0.3 is 9.63 Å². The minimum atomic E-state index is -3.79. The van der Waals surface area contributed by atoms with E-state index in [0.717, 1.165) is 6.07 Å². The highest BCUT2D eigenvalue weighted by atomic mass is 35.5. The van der Waals surface area contributed by atoms with Gasteiger partial charge in [0.1, 0.15) is 5.75 Å². The second-order valence-corrected chi connectivity index (χ2v) is 6.56. The van der Waals surface area contributed by atoms with Crippen molar-refractivity contribution < 1.29 is 22.8 Å². The predicted octanol–water partition coefficient (Wildman–Crippen LogP) is 1.96. The van der Waals surface area contributed by atoms with E-state index in [1.54, 1.807) is 6.92 Å². The number of nitrogens with zero attached hydrogens (tertiary/aromatic N) is 2. The fourth-order valence-electron chi connectivity index (χ4n) is 1.61. The summed E-state index contributed by atoms with van der Waals surface area (Å²) in [5.41, 5.74) is -0.278. The SMILES string of the molecule is CCc1nc(CS(=O)(=O)c2ccc(Cl)c(C(=O)O)c2)no1. The van der Waals surface area contributed by atoms with Crippen LogP contribution in [0.4, 0.5) is 0 Å². The van der Waals surface area contributed by atoms with Crippen LogP contribution in [-0.2, 0) is 22.0 Å². The first-order valence-corrected chi connectivity index (χ1v) is 7.93. The van der Waals surface area contributed by atoms with Crippen molar-refractivity contribution in [3.8, 4) is 0 Å². The van der Waals surface area contributed by atoms with E-state index in [1.807, 2.05) is 0 Å². The van der Waals surface area contributed by atoms with Crippen molar-refractivity contribution in [2.45, 2.75) is 24.0 Å². The normalized spacial score (nSPS) is 11.5. The molecule has 1 N–H and O–H groups in total. The highest BCUT2D eigenvalue weighted by Gasteiger charge is 2.21. The summed E-state index contributed by atoms with van der Waals surface area (Å²) < 4.78 is 29.3. The summed E-state index contributed by atoms with van der Waals surface area (Å²) in [7, 11) is -3.79. The molecule has 0 saturated carbocycles. The molecule has 0 aliphatic heterocycles. The quantitative estimate of drug-likeness (QED) is 0.891. The van der Waals surface area contributed by atoms with Gasteiger partial charge in [0.25, 0.3) is 0 Å². The smallest absolute Gasteiger partial charge is 0.337 e. The number of hydrogen-bond donors (Lipinski definition) is 1. The molecule has 1 aromatic heterocycles. The summed E-state index contributed by atoms with van der Waals surface area (Å²) in [6.45, 7) is 1.80. The number of carboxylic acids is 1. The van der Waals surface area contributed by atoms with Crippen LogP contribution in [0.5, 0.6) is 0 Å². The van der Waals surface area contributed by atoms with Crippen LogP contribution in [0, 0.1) is 0 Å². The zero-order valence-corrected chi connectivity index (χ0v) is 12.5. The maximum absolute atomic E-state index is 12.2. The Kier molecular flexibility index (Phi) is 4.29. The number of halogens is 1. The van der Waals surface area contributed by atoms with Gasteiger partial charge in [0.2, 0.25) is 5.89 Å². The van der Waals surface area contributed by atoms with Gasteiger partial charge in [-0.05, 0) is 18.2 Å². The fourth-order valence-corrected chi connectivity index (χ4v) is 3.00. The van der Waals surface area contributed by atoms with Crippen LogP contribution < -0.4 is 0 Å². The molecule has 0 unspecified atom stereocenters. The summed E-state index contributed by atoms with van der Waals surface area (Å²) >= 11 is 5.71. The molecule has 1 aromatic carbocycles. The number of benzene rings is 1. The summed E-state index contributed by atoms with van der Waals surface area (Å²) in [6.07, 6.45) is 0.497. The Bertz CT molecular complexity index is 785. The molecule has 2 rings (SSSR count). The molecule has 21 heavy (non-hydrogen) atoms. The third kappa shape index (κ3) is 3.40. The number of aromatic carboxylic acids is 1. The van der Waals surface area contributed by atoms with Crippen LogP contribution in [0.1, 0.15) is 29.0 Å². The molecule has 0 atom stereocenters. The second kappa shape index (κ2) is 5.82. The lowest BCUT2D eigenvalue weighted by atomic mass is 10.2. The van der Waals surface area contributed by atoms with E-state index >= 15 is 0 Å². The number of hydrogen-bond acceptors (Lipinski definition) is 6. The Balaban J connectivity index is 2.35. The lowest BCUT2D eigenvalue weighted by molar-refractivity contribution is 0.0697. The number of carbonyl (C=O) groups is 1. The molecule has 0 amide bonds. The highest BCUT2D eigenvalue weighted by molar-refractivity contribution is 7.90. The van der Waals surface area contributed by atoms with Gasteiger partial charge >= 0.3 is 5.97 Å². The minimum absolute atomic E-state index is 0.0266. The Labute approximate surface area is 125 Å². The third-order valence-electron chi connectivity index (χ3n) is 2.66. The summed E-state index contributed by atoms with van der Waals surface area (Å²) in [6, 6.07) is 3.48. The van der Waals surface area contributed by atoms with Gasteiger partial charge in [0.15, 0.2) is 15.7 Å². The lowest BCUT2D eigenvalue weighted by Crippen LogP contribution is -2.08. The molecular weight excluding hydrogens is 320 g/mol. The van der Waals surface area contributed by atoms with E-state index in [1.165, 1.54) is 12.1 Å². The van der Waals surface area contributed by atoms with Crippen LogP contribution in [-0.4, -0.2) is 29.6 Å². The van der Waals surface area contributed by atoms with Crippen LogP contribution in [0.25, 0.3) is 0 Å². The van der Waals surface area contributed by atoms with E-state index in [9.17, 15) is 13.2 Å². The van der Waals surface area contributed by atoms with Crippen molar-refractivity contribution in [2.24, 2.45) is 0 Å². The van der Waals surface area contributed by atoms with Gasteiger partial charge in [-0.1, -0.05) is 23.7 Å². The molecule has 0 aliphatic rings. The largest absolute Gasteiger partial charge is 0.478 e. The fraction of sp³-hybridized carbons (Fsp3) is 0.250. The molecule has 0 bridgehead atoms. The Morgan fingerprint density at radius 1 is 1.43 bits per heavy atom. The van der Waals surface area contributed by atoms with Gasteiger partial charge in [0, 0.05) is 6.42 Å². The molecule has 1 heterocycles. The van der Waals surface area contributed by atoms with Crippen LogP contribution in [0.2, 0.25) is 5.02 Å². The third-order valence-corrected chi connectivity index (χ3v) is 4.60. The Hall–Kier alpha value is -1.93. The molecule has 9 heteroatoms. The first kappa shape index (κ1) is 15.5. The minimum Gasteiger partial charge on any atom is -0.478 e. The summed E-state index contributed by atoms with van der Waals surface area (Å²) in [5.74, 6) is -1.41. The Morgan fingerprint density at radius 2 is 2.14 bits per heavy atom. The van der Waals surface area contributed by atoms with E-state index in [2.05, 4.69) is 10.1 Å². The van der Waals surface area contributed by atoms with Crippen LogP contribution in [0.15, 0.2) is 27.6 Å². The maximum atomic E-state index is 12.2. The van der Waals surface area contributed by atoms with Crippen molar-refractivity contribution in [1.82, 2.24) is 10.1 Å². The number of aryl methyl sites for hydroxylation is 1. The van der Waals surface area contributed by atoms with Gasteiger partial charge in [-0.25, -0.2) is 13.2 Å². The first-order valence-electron chi connectivity index (χ1n) is 5.90. The summed E-state index contributed by atoms with van der Waals surface area (Å²) in [4.78, 5) is 14.7. The average molecular weight is 331 g/mol. The van der Waals surface area contributed by atoms with E-state index in [0.29, 0.717) is 12.3 Å². The maximum Gasteiger partial charge on any atom is 0.337 e. The predicted molar refractivity (Wildman–Crippen MR) is 73.0 cm³/mol. The van der Waals surface area contributed by atoms with Crippen molar-refractivity contribution >= 4 is 27.4 Å². The van der Waals surface area contributed by atoms with Crippen molar-refractivity contribution in [2.75, 3.05) is 0 Å². The van der Waals surface area contributed by atoms with Gasteiger partial charge in [0.05, 0.1) is 15.5 Å². The van der Waals surface area contributed by atoms with Crippen molar-refractivity contribution in [1.29, 1.82) is 0 Å². The Morgan fingerprint density at radius 3 is 2.71 bits per heavy atom. The number of sulfone groups is 1. The number of rotatable bonds is 5. The summed E-state index contributed by atoms with van der Waals surface area (Å²) in [5, 5.41) is 12.5. The molecular formula is C12H11ClN2O5S. The van der Waals surface area contributed by atoms with Crippen LogP contribution in [0.3, 0.4) is 0 Å². The van der Waals surface area contributed by atoms with E-state index in [-0.39, 0.29) is 21.3 Å². The molecule has 0 radical (unpaired) electrons. The molecule has 0 fully saturated rings. The number of aromatic nitrogens is 2. The number of carboxylic acid groups (broad SMARTS) is 1. The van der Waals surface area contributed by atoms with Crippen molar-refractivity contribution in [3.05, 3.63) is 40.5 Å². The zero-order chi connectivity index (χ0) is 15.6. The van der Waals surface area contributed by atoms with Gasteiger partial charge in [-0.3, -0.25) is 0 Å². The van der Waals surface area contributed by atoms with Gasteiger partial charge in [-0.2, -0.15) is 4.98 Å². The zero-order valence-electron chi connectivity index (χ0n) is 10.9. The molecule has 0 saturated heterocycles. The van der Waals surface area contributed by atoms with E-state index < -0.39 is 21.6 Å². The lowest BCUT2D eigenvalue weighted by Gasteiger charge is -2.04. The first-order chi connectivity index (χ1) is 9.83. The topological polar surface area (TPSA) is 110 Å². The highest BCUT2D eigenvalue weighted by Crippen LogP contribution is 2.22. The standard InChI is InChI=1S/C12H11ClN2O5S/c1-2-11-14-10(15-20-11)6-21(18,19)7-3-4-9(13)8(5-7)12(16)17/h3-5H,2,6H2,1H3,(H,16,17). The average Bonchev–Trinajstić information content (AvgIpc) is 2.85. The molecule has 112 valence electrons. The molecule has 2 aromatic rings. The molecule has 7 nitrogen and oxygen atoms in total. The molecule has 0 spiro atoms. The van der Waals surface area contributed by atoms with Crippen LogP contribution >= 0.6 is 11.6 Å². The molecule has 0 aliphatic carbocycles. The van der Waals surface area contributed by atoms with E-state index in [4.69, 9.17) is 21.2 Å². The van der Waals surface area contributed by atoms with Crippen molar-refractivity contribution in [3.63, 3.8) is 0 Å². The second-order valence-electron chi connectivity index (χ2n) is 4.16.